The van der Waals surface area contributed by atoms with Gasteiger partial charge in [0.05, 0.1) is 11.4 Å². The van der Waals surface area contributed by atoms with Crippen molar-refractivity contribution < 1.29 is 5.11 Å². The molecule has 0 aromatic heterocycles. The molecule has 4 heteroatoms. The van der Waals surface area contributed by atoms with Crippen molar-refractivity contribution in [3.05, 3.63) is 70.8 Å². The number of benzene rings is 2. The summed E-state index contributed by atoms with van der Waals surface area (Å²) in [6.07, 6.45) is 6.30. The maximum Gasteiger partial charge on any atom is 0.126 e. The summed E-state index contributed by atoms with van der Waals surface area (Å²) in [5.74, 6) is 1.04. The molecule has 1 heterocycles. The summed E-state index contributed by atoms with van der Waals surface area (Å²) in [6.45, 7) is 2.01. The molecule has 126 valence electrons. The van der Waals surface area contributed by atoms with E-state index in [1.54, 1.807) is 6.07 Å². The van der Waals surface area contributed by atoms with Gasteiger partial charge in [-0.15, -0.1) is 0 Å². The van der Waals surface area contributed by atoms with Gasteiger partial charge in [-0.25, -0.2) is 4.99 Å². The number of rotatable bonds is 3. The molecule has 0 radical (unpaired) electrons. The highest BCUT2D eigenvalue weighted by molar-refractivity contribution is 6.01. The van der Waals surface area contributed by atoms with Gasteiger partial charge in [-0.2, -0.15) is 5.10 Å². The normalized spacial score (nSPS) is 16.4. The van der Waals surface area contributed by atoms with Crippen LogP contribution in [0.25, 0.3) is 5.70 Å². The Morgan fingerprint density at radius 2 is 1.96 bits per heavy atom. The molecule has 0 unspecified atom stereocenters. The summed E-state index contributed by atoms with van der Waals surface area (Å²) >= 11 is 0. The van der Waals surface area contributed by atoms with E-state index >= 15 is 0 Å². The molecule has 4 nitrogen and oxygen atoms in total. The van der Waals surface area contributed by atoms with E-state index in [2.05, 4.69) is 33.7 Å². The summed E-state index contributed by atoms with van der Waals surface area (Å²) in [7, 11) is 0. The zero-order chi connectivity index (χ0) is 17.2. The smallest absolute Gasteiger partial charge is 0.126 e. The highest BCUT2D eigenvalue weighted by Gasteiger charge is 2.14. The van der Waals surface area contributed by atoms with Crippen molar-refractivity contribution in [3.8, 4) is 5.75 Å². The van der Waals surface area contributed by atoms with Crippen LogP contribution in [0.5, 0.6) is 5.75 Å². The first kappa shape index (κ1) is 15.6. The molecule has 2 aromatic rings. The summed E-state index contributed by atoms with van der Waals surface area (Å²) in [5.41, 5.74) is 9.63. The lowest BCUT2D eigenvalue weighted by Crippen LogP contribution is -2.17. The average Bonchev–Trinajstić information content (AvgIpc) is 3.28. The molecule has 25 heavy (non-hydrogen) atoms. The van der Waals surface area contributed by atoms with E-state index in [0.717, 1.165) is 28.4 Å². The Kier molecular flexibility index (Phi) is 4.10. The minimum Gasteiger partial charge on any atom is -0.507 e. The van der Waals surface area contributed by atoms with Crippen LogP contribution in [0.15, 0.2) is 58.6 Å². The van der Waals surface area contributed by atoms with E-state index in [1.807, 2.05) is 31.2 Å². The number of para-hydroxylation sites is 1. The second-order valence-electron chi connectivity index (χ2n) is 6.52. The average molecular weight is 331 g/mol. The fourth-order valence-corrected chi connectivity index (χ4v) is 3.37. The van der Waals surface area contributed by atoms with Crippen LogP contribution in [0.1, 0.15) is 42.0 Å². The van der Waals surface area contributed by atoms with Crippen LogP contribution in [0.2, 0.25) is 0 Å². The topological polar surface area (TPSA) is 57.0 Å². The molecule has 0 saturated carbocycles. The largest absolute Gasteiger partial charge is 0.507 e. The standard InChI is InChI=1S/C21H21N3O/c1-14(16-10-9-15-5-4-6-17(15)13-16)23-24-21-12-11-19(22-21)18-7-2-3-8-20(18)25/h2-3,7-11,13,25H,4-6,12H2,1H3,(H,22,24)/b23-14+. The van der Waals surface area contributed by atoms with E-state index < -0.39 is 0 Å². The number of hydrogen-bond donors (Lipinski definition) is 2. The Morgan fingerprint density at radius 1 is 1.12 bits per heavy atom. The molecule has 1 aliphatic carbocycles. The number of aliphatic imine (C=N–C) groups is 1. The minimum atomic E-state index is 0.247. The molecule has 0 spiro atoms. The van der Waals surface area contributed by atoms with Gasteiger partial charge in [-0.05, 0) is 61.1 Å². The SMILES string of the molecule is C/C(=N\NC1=NC(c2ccccc2O)=CC1)c1ccc2c(c1)CCC2. The number of nitrogens with zero attached hydrogens (tertiary/aromatic N) is 2. The first-order valence-corrected chi connectivity index (χ1v) is 8.69. The Hall–Kier alpha value is -2.88. The van der Waals surface area contributed by atoms with Crippen LogP contribution < -0.4 is 5.43 Å². The molecule has 2 aliphatic rings. The van der Waals surface area contributed by atoms with E-state index in [-0.39, 0.29) is 5.75 Å². The number of phenolic OH excluding ortho intramolecular Hbond substituents is 1. The Bertz CT molecular complexity index is 909. The van der Waals surface area contributed by atoms with Crippen LogP contribution in [0.3, 0.4) is 0 Å². The highest BCUT2D eigenvalue weighted by atomic mass is 16.3. The number of hydrazone groups is 1. The molecule has 0 saturated heterocycles. The van der Waals surface area contributed by atoms with Crippen LogP contribution in [0.4, 0.5) is 0 Å². The van der Waals surface area contributed by atoms with Gasteiger partial charge >= 0.3 is 0 Å². The lowest BCUT2D eigenvalue weighted by molar-refractivity contribution is 0.473. The van der Waals surface area contributed by atoms with Gasteiger partial charge in [0.1, 0.15) is 11.6 Å². The third-order valence-corrected chi connectivity index (χ3v) is 4.79. The third kappa shape index (κ3) is 3.20. The predicted molar refractivity (Wildman–Crippen MR) is 102 cm³/mol. The Morgan fingerprint density at radius 3 is 2.84 bits per heavy atom. The fourth-order valence-electron chi connectivity index (χ4n) is 3.37. The molecular formula is C21H21N3O. The summed E-state index contributed by atoms with van der Waals surface area (Å²) < 4.78 is 0. The highest BCUT2D eigenvalue weighted by Crippen LogP contribution is 2.28. The maximum atomic E-state index is 9.94. The number of phenols is 1. The Labute approximate surface area is 147 Å². The molecule has 0 bridgehead atoms. The number of aryl methyl sites for hydroxylation is 2. The van der Waals surface area contributed by atoms with Crippen molar-refractivity contribution >= 4 is 17.2 Å². The van der Waals surface area contributed by atoms with Crippen molar-refractivity contribution in [2.24, 2.45) is 10.1 Å². The Balaban J connectivity index is 1.47. The van der Waals surface area contributed by atoms with Gasteiger partial charge in [-0.1, -0.05) is 30.3 Å². The molecule has 0 fully saturated rings. The van der Waals surface area contributed by atoms with Crippen LogP contribution in [-0.2, 0) is 12.8 Å². The molecule has 2 aromatic carbocycles. The van der Waals surface area contributed by atoms with Gasteiger partial charge in [0.25, 0.3) is 0 Å². The quantitative estimate of drug-likeness (QED) is 0.659. The summed E-state index contributed by atoms with van der Waals surface area (Å²) in [4.78, 5) is 4.54. The maximum absolute atomic E-state index is 9.94. The first-order chi connectivity index (χ1) is 12.2. The van der Waals surface area contributed by atoms with Crippen molar-refractivity contribution in [2.45, 2.75) is 32.6 Å². The number of hydrogen-bond acceptors (Lipinski definition) is 4. The van der Waals surface area contributed by atoms with Crippen molar-refractivity contribution in [3.63, 3.8) is 0 Å². The lowest BCUT2D eigenvalue weighted by Gasteiger charge is -2.06. The second kappa shape index (κ2) is 6.55. The second-order valence-corrected chi connectivity index (χ2v) is 6.52. The predicted octanol–water partition coefficient (Wildman–Crippen LogP) is 4.04. The van der Waals surface area contributed by atoms with Gasteiger partial charge < -0.3 is 5.11 Å². The number of amidine groups is 1. The van der Waals surface area contributed by atoms with E-state index in [0.29, 0.717) is 6.42 Å². The van der Waals surface area contributed by atoms with Crippen molar-refractivity contribution in [1.82, 2.24) is 5.43 Å². The number of nitrogens with one attached hydrogen (secondary N) is 1. The number of aromatic hydroxyl groups is 1. The first-order valence-electron chi connectivity index (χ1n) is 8.69. The third-order valence-electron chi connectivity index (χ3n) is 4.79. The molecule has 4 rings (SSSR count). The lowest BCUT2D eigenvalue weighted by atomic mass is 10.0. The zero-order valence-electron chi connectivity index (χ0n) is 14.3. The summed E-state index contributed by atoms with van der Waals surface area (Å²) in [6, 6.07) is 13.9. The van der Waals surface area contributed by atoms with E-state index in [1.165, 1.54) is 30.4 Å². The van der Waals surface area contributed by atoms with Crippen LogP contribution in [-0.4, -0.2) is 16.7 Å². The van der Waals surface area contributed by atoms with Crippen molar-refractivity contribution in [1.29, 1.82) is 0 Å². The molecule has 2 N–H and O–H groups in total. The number of fused-ring (bicyclic) bond motifs is 1. The summed E-state index contributed by atoms with van der Waals surface area (Å²) in [5, 5.41) is 14.4. The van der Waals surface area contributed by atoms with Crippen LogP contribution in [0, 0.1) is 0 Å². The zero-order valence-corrected chi connectivity index (χ0v) is 14.3. The monoisotopic (exact) mass is 331 g/mol. The van der Waals surface area contributed by atoms with Crippen molar-refractivity contribution in [2.75, 3.05) is 0 Å². The minimum absolute atomic E-state index is 0.247. The van der Waals surface area contributed by atoms with E-state index in [9.17, 15) is 5.11 Å². The molecule has 0 atom stereocenters. The van der Waals surface area contributed by atoms with Gasteiger partial charge in [0, 0.05) is 12.0 Å². The fraction of sp³-hybridized carbons (Fsp3) is 0.238. The molecular weight excluding hydrogens is 310 g/mol. The molecule has 0 amide bonds. The van der Waals surface area contributed by atoms with Gasteiger partial charge in [0.2, 0.25) is 0 Å². The molecule has 1 aliphatic heterocycles. The van der Waals surface area contributed by atoms with Crippen LogP contribution >= 0.6 is 0 Å². The van der Waals surface area contributed by atoms with Gasteiger partial charge in [-0.3, -0.25) is 5.43 Å². The van der Waals surface area contributed by atoms with Gasteiger partial charge in [0.15, 0.2) is 0 Å². The van der Waals surface area contributed by atoms with E-state index in [4.69, 9.17) is 0 Å².